The molecule has 0 radical (unpaired) electrons. The molecule has 5 rings (SSSR count). The van der Waals surface area contributed by atoms with Crippen molar-refractivity contribution in [3.63, 3.8) is 0 Å². The van der Waals surface area contributed by atoms with Crippen LogP contribution in [0.15, 0.2) is 53.4 Å². The number of carbonyl (C=O) groups excluding carboxylic acids is 1. The predicted octanol–water partition coefficient (Wildman–Crippen LogP) is 3.40. The number of nitrogens with one attached hydrogen (secondary N) is 2. The maximum Gasteiger partial charge on any atom is 0.264 e. The number of H-pyrrole nitrogens is 1. The topological polar surface area (TPSA) is 140 Å². The highest BCUT2D eigenvalue weighted by Crippen LogP contribution is 2.41. The minimum absolute atomic E-state index is 0.0753. The van der Waals surface area contributed by atoms with Crippen LogP contribution in [-0.2, 0) is 31.4 Å². The van der Waals surface area contributed by atoms with Crippen molar-refractivity contribution >= 4 is 42.6 Å². The number of rotatable bonds is 5. The third-order valence-corrected chi connectivity index (χ3v) is 9.90. The molecule has 0 bridgehead atoms. The molecule has 2 aliphatic heterocycles. The lowest BCUT2D eigenvalue weighted by Crippen LogP contribution is -2.48. The third-order valence-electron chi connectivity index (χ3n) is 7.25. The minimum Gasteiger partial charge on any atom is -0.357 e. The minimum atomic E-state index is -3.66. The summed E-state index contributed by atoms with van der Waals surface area (Å²) in [5.74, 6) is -0.388. The number of aromatic amines is 1. The van der Waals surface area contributed by atoms with E-state index in [4.69, 9.17) is 4.55 Å². The molecular formula is C26H34N4O6S2. The number of hydrogen-bond acceptors (Lipinski definition) is 6. The van der Waals surface area contributed by atoms with E-state index in [9.17, 15) is 21.6 Å². The number of carbonyl (C=O) groups is 1. The number of aromatic nitrogens is 1. The molecular weight excluding hydrogens is 528 g/mol. The van der Waals surface area contributed by atoms with E-state index in [1.165, 1.54) is 34.8 Å². The lowest BCUT2D eigenvalue weighted by Gasteiger charge is -2.44. The summed E-state index contributed by atoms with van der Waals surface area (Å²) in [5, 5.41) is 3.95. The molecule has 10 nitrogen and oxygen atoms in total. The molecule has 0 aliphatic carbocycles. The largest absolute Gasteiger partial charge is 0.357 e. The molecule has 206 valence electrons. The quantitative estimate of drug-likeness (QED) is 0.405. The zero-order valence-corrected chi connectivity index (χ0v) is 23.3. The van der Waals surface area contributed by atoms with Gasteiger partial charge in [0.1, 0.15) is 0 Å². The Labute approximate surface area is 223 Å². The van der Waals surface area contributed by atoms with Crippen molar-refractivity contribution in [3.05, 3.63) is 59.8 Å². The highest BCUT2D eigenvalue weighted by molar-refractivity contribution is 7.89. The fourth-order valence-electron chi connectivity index (χ4n) is 5.20. The molecule has 0 unspecified atom stereocenters. The molecule has 2 aromatic carbocycles. The Kier molecular flexibility index (Phi) is 8.29. The Hall–Kier alpha value is -2.77. The average molecular weight is 563 g/mol. The van der Waals surface area contributed by atoms with Crippen molar-refractivity contribution in [3.8, 4) is 0 Å². The van der Waals surface area contributed by atoms with E-state index in [0.29, 0.717) is 5.69 Å². The van der Waals surface area contributed by atoms with Gasteiger partial charge in [0, 0.05) is 55.4 Å². The van der Waals surface area contributed by atoms with E-state index in [0.717, 1.165) is 37.9 Å². The van der Waals surface area contributed by atoms with Gasteiger partial charge in [0.25, 0.3) is 10.1 Å². The highest BCUT2D eigenvalue weighted by Gasteiger charge is 2.39. The van der Waals surface area contributed by atoms with Gasteiger partial charge >= 0.3 is 0 Å². The number of piperidine rings is 1. The van der Waals surface area contributed by atoms with Gasteiger partial charge in [-0.25, -0.2) is 8.42 Å². The molecule has 0 spiro atoms. The number of para-hydroxylation sites is 1. The van der Waals surface area contributed by atoms with E-state index in [2.05, 4.69) is 33.4 Å². The molecule has 1 aromatic heterocycles. The van der Waals surface area contributed by atoms with Crippen molar-refractivity contribution in [2.24, 2.45) is 0 Å². The molecule has 2 aliphatic rings. The number of nitrogens with zero attached hydrogens (tertiary/aromatic N) is 2. The monoisotopic (exact) mass is 562 g/mol. The Bertz CT molecular complexity index is 1520. The van der Waals surface area contributed by atoms with Crippen LogP contribution in [-0.4, -0.2) is 73.4 Å². The van der Waals surface area contributed by atoms with Gasteiger partial charge in [-0.3, -0.25) is 14.2 Å². The van der Waals surface area contributed by atoms with Crippen molar-refractivity contribution in [1.82, 2.24) is 14.2 Å². The Balaban J connectivity index is 0.000000505. The molecule has 3 aromatic rings. The van der Waals surface area contributed by atoms with Crippen molar-refractivity contribution < 1.29 is 26.2 Å². The molecule has 2 atom stereocenters. The molecule has 0 saturated carbocycles. The lowest BCUT2D eigenvalue weighted by molar-refractivity contribution is -0.114. The summed E-state index contributed by atoms with van der Waals surface area (Å²) in [6.07, 6.45) is 2.60. The summed E-state index contributed by atoms with van der Waals surface area (Å²) in [7, 11) is -5.61. The average Bonchev–Trinajstić information content (AvgIpc) is 3.27. The van der Waals surface area contributed by atoms with Crippen LogP contribution in [0.1, 0.15) is 44.0 Å². The van der Waals surface area contributed by atoms with Crippen LogP contribution in [0.2, 0.25) is 0 Å². The van der Waals surface area contributed by atoms with Crippen LogP contribution in [0.4, 0.5) is 5.69 Å². The summed E-state index contributed by atoms with van der Waals surface area (Å²) in [6.45, 7) is 4.68. The summed E-state index contributed by atoms with van der Waals surface area (Å²) in [5.41, 5.74) is 4.36. The fraction of sp³-hybridized carbons (Fsp3) is 0.423. The van der Waals surface area contributed by atoms with E-state index in [1.807, 2.05) is 6.07 Å². The summed E-state index contributed by atoms with van der Waals surface area (Å²) >= 11 is 0. The van der Waals surface area contributed by atoms with Crippen molar-refractivity contribution in [2.45, 2.75) is 50.1 Å². The number of anilines is 1. The van der Waals surface area contributed by atoms with E-state index in [1.54, 1.807) is 31.3 Å². The van der Waals surface area contributed by atoms with Crippen molar-refractivity contribution in [1.29, 1.82) is 0 Å². The third kappa shape index (κ3) is 6.10. The maximum atomic E-state index is 13.3. The highest BCUT2D eigenvalue weighted by atomic mass is 32.2. The normalized spacial score (nSPS) is 19.8. The van der Waals surface area contributed by atoms with Gasteiger partial charge < -0.3 is 10.3 Å². The first kappa shape index (κ1) is 28.2. The van der Waals surface area contributed by atoms with Crippen LogP contribution >= 0.6 is 0 Å². The predicted molar refractivity (Wildman–Crippen MR) is 147 cm³/mol. The van der Waals surface area contributed by atoms with Gasteiger partial charge in [0.05, 0.1) is 16.7 Å². The number of benzene rings is 2. The summed E-state index contributed by atoms with van der Waals surface area (Å²) < 4.78 is 55.1. The van der Waals surface area contributed by atoms with Gasteiger partial charge in [-0.15, -0.1) is 0 Å². The van der Waals surface area contributed by atoms with Gasteiger partial charge in [-0.1, -0.05) is 18.2 Å². The second kappa shape index (κ2) is 11.1. The molecule has 1 fully saturated rings. The van der Waals surface area contributed by atoms with Crippen LogP contribution in [0.3, 0.4) is 0 Å². The summed E-state index contributed by atoms with van der Waals surface area (Å²) in [6, 6.07) is 14.9. The first-order valence-electron chi connectivity index (χ1n) is 12.5. The van der Waals surface area contributed by atoms with E-state index < -0.39 is 20.1 Å². The Morgan fingerprint density at radius 3 is 2.39 bits per heavy atom. The molecule has 3 N–H and O–H groups in total. The zero-order valence-electron chi connectivity index (χ0n) is 21.7. The number of hydrogen-bond donors (Lipinski definition) is 3. The second-order valence-electron chi connectivity index (χ2n) is 9.64. The second-order valence-corrected chi connectivity index (χ2v) is 13.4. The van der Waals surface area contributed by atoms with Gasteiger partial charge in [-0.2, -0.15) is 12.7 Å². The maximum absolute atomic E-state index is 13.3. The lowest BCUT2D eigenvalue weighted by atomic mass is 9.88. The first-order valence-corrected chi connectivity index (χ1v) is 15.6. The smallest absolute Gasteiger partial charge is 0.264 e. The van der Waals surface area contributed by atoms with E-state index in [-0.39, 0.29) is 28.6 Å². The summed E-state index contributed by atoms with van der Waals surface area (Å²) in [4.78, 5) is 17.6. The Morgan fingerprint density at radius 2 is 1.76 bits per heavy atom. The molecule has 12 heteroatoms. The van der Waals surface area contributed by atoms with Crippen LogP contribution in [0, 0.1) is 0 Å². The number of amides is 1. The van der Waals surface area contributed by atoms with E-state index >= 15 is 0 Å². The SMILES string of the molecule is CC(=O)Nc1ccc(S(=O)(=O)N(C)[C@H]2CCN3CCc4c([nH]c5ccccc45)[C@@H]3C2)cc1.CCS(=O)(=O)O. The van der Waals surface area contributed by atoms with Gasteiger partial charge in [-0.05, 0) is 62.1 Å². The number of sulfonamides is 1. The standard InChI is InChI=1S/C24H28N4O3S.C2H6O3S/c1-16(29)25-17-7-9-19(10-8-17)32(30,31)27(2)18-11-13-28-14-12-21-20-5-3-4-6-22(20)26-24(21)23(28)15-18;1-2-6(3,4)5/h3-10,18,23,26H,11-15H2,1-2H3,(H,25,29);2H2,1H3,(H,3,4,5)/t18-,23-;/m0./s1. The van der Waals surface area contributed by atoms with Gasteiger partial charge in [0.15, 0.2) is 0 Å². The molecule has 1 saturated heterocycles. The van der Waals surface area contributed by atoms with Crippen molar-refractivity contribution in [2.75, 3.05) is 31.2 Å². The number of fused-ring (bicyclic) bond motifs is 5. The fourth-order valence-corrected chi connectivity index (χ4v) is 6.60. The molecule has 38 heavy (non-hydrogen) atoms. The zero-order chi connectivity index (χ0) is 27.7. The Morgan fingerprint density at radius 1 is 1.11 bits per heavy atom. The molecule has 1 amide bonds. The van der Waals surface area contributed by atoms with Crippen LogP contribution in [0.25, 0.3) is 10.9 Å². The van der Waals surface area contributed by atoms with Crippen LogP contribution < -0.4 is 5.32 Å². The molecule has 3 heterocycles. The first-order chi connectivity index (χ1) is 17.9. The van der Waals surface area contributed by atoms with Gasteiger partial charge in [0.2, 0.25) is 15.9 Å². The van der Waals surface area contributed by atoms with Crippen LogP contribution in [0.5, 0.6) is 0 Å².